The Morgan fingerprint density at radius 3 is 2.88 bits per heavy atom. The largest absolute Gasteiger partial charge is 0.381 e. The topological polar surface area (TPSA) is 26.6 Å². The normalized spacial score (nSPS) is 30.8. The fourth-order valence-corrected chi connectivity index (χ4v) is 4.82. The third-order valence-corrected chi connectivity index (χ3v) is 6.32. The number of rotatable bonds is 4. The van der Waals surface area contributed by atoms with Gasteiger partial charge in [0.2, 0.25) is 0 Å². The van der Waals surface area contributed by atoms with Gasteiger partial charge in [0, 0.05) is 52.1 Å². The van der Waals surface area contributed by atoms with Crippen molar-refractivity contribution >= 4 is 10.9 Å². The summed E-state index contributed by atoms with van der Waals surface area (Å²) in [5.41, 5.74) is 2.72. The summed E-state index contributed by atoms with van der Waals surface area (Å²) >= 11 is 0. The molecule has 1 saturated heterocycles. The molecule has 4 rings (SSSR count). The Labute approximate surface area is 144 Å². The molecule has 0 radical (unpaired) electrons. The molecule has 130 valence electrons. The van der Waals surface area contributed by atoms with Crippen LogP contribution in [0, 0.1) is 0 Å². The van der Waals surface area contributed by atoms with Gasteiger partial charge in [-0.2, -0.15) is 0 Å². The first-order valence-corrected chi connectivity index (χ1v) is 9.01. The number of fused-ring (bicyclic) bond motifs is 2. The van der Waals surface area contributed by atoms with Crippen molar-refractivity contribution in [2.75, 3.05) is 20.8 Å². The van der Waals surface area contributed by atoms with E-state index in [9.17, 15) is 0 Å². The summed E-state index contributed by atoms with van der Waals surface area (Å²) in [5, 5.41) is 1.32. The maximum absolute atomic E-state index is 6.04. The van der Waals surface area contributed by atoms with Crippen LogP contribution in [0.1, 0.15) is 31.2 Å². The van der Waals surface area contributed by atoms with Crippen LogP contribution in [0.5, 0.6) is 0 Å². The van der Waals surface area contributed by atoms with Gasteiger partial charge in [-0.25, -0.2) is 0 Å². The lowest BCUT2D eigenvalue weighted by Crippen LogP contribution is -2.51. The van der Waals surface area contributed by atoms with Gasteiger partial charge in [-0.15, -0.1) is 0 Å². The number of hydrogen-bond acceptors (Lipinski definition) is 3. The van der Waals surface area contributed by atoms with Crippen molar-refractivity contribution in [1.29, 1.82) is 0 Å². The van der Waals surface area contributed by atoms with E-state index < -0.39 is 0 Å². The Bertz CT molecular complexity index is 725. The first-order valence-electron chi connectivity index (χ1n) is 9.01. The Hall–Kier alpha value is -1.36. The molecule has 2 aliphatic rings. The van der Waals surface area contributed by atoms with E-state index >= 15 is 0 Å². The summed E-state index contributed by atoms with van der Waals surface area (Å²) in [6.07, 6.45) is 6.95. The minimum atomic E-state index is 0.0336. The van der Waals surface area contributed by atoms with E-state index in [4.69, 9.17) is 9.47 Å². The van der Waals surface area contributed by atoms with Gasteiger partial charge in [0.25, 0.3) is 0 Å². The van der Waals surface area contributed by atoms with Crippen LogP contribution in [0.2, 0.25) is 0 Å². The van der Waals surface area contributed by atoms with E-state index in [-0.39, 0.29) is 5.60 Å². The van der Waals surface area contributed by atoms with Crippen LogP contribution >= 0.6 is 0 Å². The third kappa shape index (κ3) is 2.57. The van der Waals surface area contributed by atoms with Crippen molar-refractivity contribution in [3.8, 4) is 0 Å². The standard InChI is InChI=1S/C20H28N2O2/c1-21-10-7-16-12-15(4-5-18(16)21)14-22-11-9-20(24-3)8-6-17(23-2)13-19(20)22/h4-5,7,10,12,17,19H,6,8-9,11,13-14H2,1-3H3/t17-,19+,20-/m1/s1. The van der Waals surface area contributed by atoms with Gasteiger partial charge in [0.15, 0.2) is 0 Å². The average Bonchev–Trinajstić information content (AvgIpc) is 3.16. The van der Waals surface area contributed by atoms with Crippen LogP contribution in [0.4, 0.5) is 0 Å². The molecule has 0 bridgehead atoms. The highest BCUT2D eigenvalue weighted by Gasteiger charge is 2.50. The van der Waals surface area contributed by atoms with E-state index in [1.165, 1.54) is 16.5 Å². The van der Waals surface area contributed by atoms with Crippen molar-refractivity contribution in [2.24, 2.45) is 7.05 Å². The maximum Gasteiger partial charge on any atom is 0.0847 e. The smallest absolute Gasteiger partial charge is 0.0847 e. The molecule has 1 aliphatic carbocycles. The van der Waals surface area contributed by atoms with Gasteiger partial charge in [0.05, 0.1) is 11.7 Å². The monoisotopic (exact) mass is 328 g/mol. The summed E-state index contributed by atoms with van der Waals surface area (Å²) in [5.74, 6) is 0. The Morgan fingerprint density at radius 2 is 2.08 bits per heavy atom. The first kappa shape index (κ1) is 16.1. The summed E-state index contributed by atoms with van der Waals surface area (Å²) in [7, 11) is 5.83. The molecule has 2 heterocycles. The van der Waals surface area contributed by atoms with E-state index in [0.29, 0.717) is 12.1 Å². The second-order valence-electron chi connectivity index (χ2n) is 7.46. The molecule has 1 saturated carbocycles. The molecule has 1 aliphatic heterocycles. The maximum atomic E-state index is 6.04. The minimum Gasteiger partial charge on any atom is -0.381 e. The molecule has 1 aromatic heterocycles. The third-order valence-electron chi connectivity index (χ3n) is 6.32. The zero-order chi connectivity index (χ0) is 16.7. The number of aryl methyl sites for hydroxylation is 1. The van der Waals surface area contributed by atoms with Crippen molar-refractivity contribution in [3.05, 3.63) is 36.0 Å². The van der Waals surface area contributed by atoms with Gasteiger partial charge in [-0.1, -0.05) is 6.07 Å². The molecule has 2 fully saturated rings. The van der Waals surface area contributed by atoms with Gasteiger partial charge in [-0.3, -0.25) is 4.90 Å². The average molecular weight is 328 g/mol. The van der Waals surface area contributed by atoms with E-state index in [1.807, 2.05) is 14.2 Å². The summed E-state index contributed by atoms with van der Waals surface area (Å²) in [4.78, 5) is 2.61. The molecule has 0 N–H and O–H groups in total. The number of benzene rings is 1. The highest BCUT2D eigenvalue weighted by molar-refractivity contribution is 5.80. The Balaban J connectivity index is 1.56. The summed E-state index contributed by atoms with van der Waals surface area (Å²) in [6, 6.07) is 9.50. The van der Waals surface area contributed by atoms with Crippen molar-refractivity contribution in [2.45, 2.75) is 50.0 Å². The number of likely N-dealkylation sites (tertiary alicyclic amines) is 1. The van der Waals surface area contributed by atoms with Crippen LogP contribution in [0.3, 0.4) is 0 Å². The SMILES string of the molecule is CO[C@@H]1CC[C@@]2(OC)CCN(Cc3ccc4c(ccn4C)c3)[C@H]2C1. The number of methoxy groups -OCH3 is 2. The Kier molecular flexibility index (Phi) is 4.15. The van der Waals surface area contributed by atoms with Crippen LogP contribution in [0.25, 0.3) is 10.9 Å². The van der Waals surface area contributed by atoms with Crippen molar-refractivity contribution in [1.82, 2.24) is 9.47 Å². The number of nitrogens with zero attached hydrogens (tertiary/aromatic N) is 2. The number of ether oxygens (including phenoxy) is 2. The van der Waals surface area contributed by atoms with Crippen molar-refractivity contribution in [3.63, 3.8) is 0 Å². The van der Waals surface area contributed by atoms with E-state index in [2.05, 4.69) is 47.0 Å². The predicted molar refractivity (Wildman–Crippen MR) is 96.1 cm³/mol. The van der Waals surface area contributed by atoms with Crippen LogP contribution in [-0.4, -0.2) is 48.0 Å². The lowest BCUT2D eigenvalue weighted by Gasteiger charge is -2.43. The summed E-state index contributed by atoms with van der Waals surface area (Å²) in [6.45, 7) is 2.11. The van der Waals surface area contributed by atoms with Gasteiger partial charge >= 0.3 is 0 Å². The quantitative estimate of drug-likeness (QED) is 0.861. The molecule has 2 aromatic rings. The lowest BCUT2D eigenvalue weighted by molar-refractivity contribution is -0.0947. The van der Waals surface area contributed by atoms with Crippen molar-refractivity contribution < 1.29 is 9.47 Å². The zero-order valence-electron chi connectivity index (χ0n) is 15.0. The fraction of sp³-hybridized carbons (Fsp3) is 0.600. The van der Waals surface area contributed by atoms with Gasteiger partial charge in [-0.05, 0) is 54.8 Å². The van der Waals surface area contributed by atoms with E-state index in [0.717, 1.165) is 38.8 Å². The number of hydrogen-bond donors (Lipinski definition) is 0. The highest BCUT2D eigenvalue weighted by Crippen LogP contribution is 2.43. The molecule has 0 spiro atoms. The van der Waals surface area contributed by atoms with Gasteiger partial charge < -0.3 is 14.0 Å². The predicted octanol–water partition coefficient (Wildman–Crippen LogP) is 3.34. The second kappa shape index (κ2) is 6.17. The molecular formula is C20H28N2O2. The molecule has 0 amide bonds. The van der Waals surface area contributed by atoms with Crippen LogP contribution in [0.15, 0.2) is 30.5 Å². The van der Waals surface area contributed by atoms with E-state index in [1.54, 1.807) is 0 Å². The van der Waals surface area contributed by atoms with Crippen LogP contribution < -0.4 is 0 Å². The molecule has 1 aromatic carbocycles. The molecule has 4 heteroatoms. The lowest BCUT2D eigenvalue weighted by atomic mass is 9.79. The number of aromatic nitrogens is 1. The molecule has 3 atom stereocenters. The molecule has 4 nitrogen and oxygen atoms in total. The molecule has 24 heavy (non-hydrogen) atoms. The summed E-state index contributed by atoms with van der Waals surface area (Å²) < 4.78 is 13.9. The molecule has 0 unspecified atom stereocenters. The zero-order valence-corrected chi connectivity index (χ0v) is 15.0. The minimum absolute atomic E-state index is 0.0336. The highest BCUT2D eigenvalue weighted by atomic mass is 16.5. The van der Waals surface area contributed by atoms with Crippen LogP contribution in [-0.2, 0) is 23.1 Å². The first-order chi connectivity index (χ1) is 11.6. The van der Waals surface area contributed by atoms with Gasteiger partial charge in [0.1, 0.15) is 0 Å². The second-order valence-corrected chi connectivity index (χ2v) is 7.46. The Morgan fingerprint density at radius 1 is 1.21 bits per heavy atom. The molecular weight excluding hydrogens is 300 g/mol. The fourth-order valence-electron chi connectivity index (χ4n) is 4.82.